The van der Waals surface area contributed by atoms with Gasteiger partial charge < -0.3 is 14.6 Å². The number of Topliss-reactive ketones (excluding diaryl/α,β-unsaturated/α-hetero) is 1. The lowest BCUT2D eigenvalue weighted by atomic mass is 9.94. The summed E-state index contributed by atoms with van der Waals surface area (Å²) >= 11 is 6.26. The molecule has 9 heteroatoms. The van der Waals surface area contributed by atoms with Crippen LogP contribution in [0.25, 0.3) is 0 Å². The maximum atomic E-state index is 12.8. The normalized spacial score (nSPS) is 21.5. The van der Waals surface area contributed by atoms with Crippen molar-refractivity contribution < 1.29 is 33.8 Å². The monoisotopic (exact) mass is 453 g/mol. The second-order valence-electron chi connectivity index (χ2n) is 7.48. The summed E-state index contributed by atoms with van der Waals surface area (Å²) < 4.78 is 10.1. The topological polar surface area (TPSA) is 111 Å². The van der Waals surface area contributed by atoms with Crippen LogP contribution in [0.15, 0.2) is 18.2 Å². The van der Waals surface area contributed by atoms with Gasteiger partial charge >= 0.3 is 11.9 Å². The number of allylic oxidation sites excluding steroid dienone is 1. The summed E-state index contributed by atoms with van der Waals surface area (Å²) in [5, 5.41) is 10.1. The average Bonchev–Trinajstić information content (AvgIpc) is 2.70. The van der Waals surface area contributed by atoms with E-state index in [0.717, 1.165) is 0 Å². The zero-order valence-corrected chi connectivity index (χ0v) is 18.7. The van der Waals surface area contributed by atoms with Crippen molar-refractivity contribution >= 4 is 29.3 Å². The van der Waals surface area contributed by atoms with E-state index in [9.17, 15) is 19.5 Å². The van der Waals surface area contributed by atoms with E-state index in [4.69, 9.17) is 21.2 Å². The molecule has 0 bridgehead atoms. The molecule has 1 aromatic carbocycles. The average molecular weight is 454 g/mol. The molecule has 1 heterocycles. The second-order valence-corrected chi connectivity index (χ2v) is 7.86. The van der Waals surface area contributed by atoms with Crippen LogP contribution in [0.5, 0.6) is 5.75 Å². The number of esters is 2. The molecule has 0 amide bonds. The number of hydrogen-bond acceptors (Lipinski definition) is 8. The summed E-state index contributed by atoms with van der Waals surface area (Å²) in [4.78, 5) is 42.0. The molecule has 0 aromatic heterocycles. The summed E-state index contributed by atoms with van der Waals surface area (Å²) in [5.74, 6) is -1.55. The molecule has 0 radical (unpaired) electrons. The highest BCUT2D eigenvalue weighted by Crippen LogP contribution is 2.34. The van der Waals surface area contributed by atoms with Crippen molar-refractivity contribution in [2.45, 2.75) is 58.1 Å². The molecule has 8 nitrogen and oxygen atoms in total. The number of methoxy groups -OCH3 is 1. The van der Waals surface area contributed by atoms with E-state index in [-0.39, 0.29) is 59.3 Å². The quantitative estimate of drug-likeness (QED) is 0.406. The SMILES string of the molecule is COC(=O)CONC1CC/C=C/CC(C)OC(=O)c2c(C)cc(O)c(Cl)c2CC(=O)C1. The predicted octanol–water partition coefficient (Wildman–Crippen LogP) is 3.20. The number of hydroxylamine groups is 1. The molecule has 0 fully saturated rings. The van der Waals surface area contributed by atoms with Crippen molar-refractivity contribution in [3.8, 4) is 5.75 Å². The summed E-state index contributed by atoms with van der Waals surface area (Å²) in [7, 11) is 1.26. The molecule has 0 spiro atoms. The van der Waals surface area contributed by atoms with Gasteiger partial charge in [-0.05, 0) is 43.9 Å². The predicted molar refractivity (Wildman–Crippen MR) is 114 cm³/mol. The number of phenols is 1. The van der Waals surface area contributed by atoms with Gasteiger partial charge in [0.15, 0.2) is 6.61 Å². The minimum atomic E-state index is -0.587. The van der Waals surface area contributed by atoms with Gasteiger partial charge in [0.1, 0.15) is 17.6 Å². The van der Waals surface area contributed by atoms with Crippen LogP contribution in [-0.2, 0) is 30.3 Å². The van der Waals surface area contributed by atoms with Gasteiger partial charge in [-0.2, -0.15) is 5.48 Å². The lowest BCUT2D eigenvalue weighted by Gasteiger charge is -2.20. The first-order valence-electron chi connectivity index (χ1n) is 10.1. The van der Waals surface area contributed by atoms with Gasteiger partial charge in [-0.15, -0.1) is 0 Å². The van der Waals surface area contributed by atoms with Crippen LogP contribution >= 0.6 is 11.6 Å². The largest absolute Gasteiger partial charge is 0.506 e. The third-order valence-corrected chi connectivity index (χ3v) is 5.31. The van der Waals surface area contributed by atoms with E-state index in [0.29, 0.717) is 24.8 Å². The molecule has 0 saturated carbocycles. The third kappa shape index (κ3) is 7.34. The zero-order valence-electron chi connectivity index (χ0n) is 17.9. The Bertz CT molecular complexity index is 853. The summed E-state index contributed by atoms with van der Waals surface area (Å²) in [6.45, 7) is 3.14. The second kappa shape index (κ2) is 11.8. The smallest absolute Gasteiger partial charge is 0.339 e. The minimum Gasteiger partial charge on any atom is -0.506 e. The number of cyclic esters (lactones) is 1. The van der Waals surface area contributed by atoms with Gasteiger partial charge in [0.25, 0.3) is 0 Å². The van der Waals surface area contributed by atoms with E-state index in [1.165, 1.54) is 13.2 Å². The Labute approximate surface area is 186 Å². The van der Waals surface area contributed by atoms with Crippen molar-refractivity contribution in [2.75, 3.05) is 13.7 Å². The molecule has 1 aliphatic heterocycles. The van der Waals surface area contributed by atoms with E-state index >= 15 is 0 Å². The van der Waals surface area contributed by atoms with E-state index in [1.807, 2.05) is 12.2 Å². The number of aryl methyl sites for hydroxylation is 1. The fourth-order valence-corrected chi connectivity index (χ4v) is 3.53. The number of phenolic OH excluding ortho intramolecular Hbond substituents is 1. The van der Waals surface area contributed by atoms with Crippen molar-refractivity contribution in [3.05, 3.63) is 39.9 Å². The van der Waals surface area contributed by atoms with Crippen molar-refractivity contribution in [1.29, 1.82) is 0 Å². The van der Waals surface area contributed by atoms with Crippen LogP contribution in [0.2, 0.25) is 5.02 Å². The van der Waals surface area contributed by atoms with Gasteiger partial charge in [0.05, 0.1) is 17.7 Å². The first kappa shape index (κ1) is 24.8. The fourth-order valence-electron chi connectivity index (χ4n) is 3.31. The number of ketones is 1. The molecular weight excluding hydrogens is 426 g/mol. The van der Waals surface area contributed by atoms with E-state index < -0.39 is 11.9 Å². The first-order chi connectivity index (χ1) is 14.7. The van der Waals surface area contributed by atoms with Crippen LogP contribution in [-0.4, -0.2) is 48.7 Å². The van der Waals surface area contributed by atoms with Gasteiger partial charge in [-0.3, -0.25) is 9.63 Å². The Balaban J connectivity index is 2.30. The number of fused-ring (bicyclic) bond motifs is 1. The van der Waals surface area contributed by atoms with E-state index in [2.05, 4.69) is 10.2 Å². The first-order valence-corrected chi connectivity index (χ1v) is 10.4. The Morgan fingerprint density at radius 3 is 2.81 bits per heavy atom. The molecule has 31 heavy (non-hydrogen) atoms. The molecule has 1 aliphatic rings. The number of aromatic hydroxyl groups is 1. The maximum absolute atomic E-state index is 12.8. The highest BCUT2D eigenvalue weighted by molar-refractivity contribution is 6.33. The highest BCUT2D eigenvalue weighted by atomic mass is 35.5. The summed E-state index contributed by atoms with van der Waals surface area (Å²) in [6, 6.07) is 1.01. The number of hydrogen-bond donors (Lipinski definition) is 2. The van der Waals surface area contributed by atoms with Crippen LogP contribution < -0.4 is 5.48 Å². The molecule has 2 atom stereocenters. The van der Waals surface area contributed by atoms with Gasteiger partial charge in [-0.25, -0.2) is 9.59 Å². The number of rotatable bonds is 4. The van der Waals surface area contributed by atoms with Gasteiger partial charge in [0.2, 0.25) is 0 Å². The molecule has 2 rings (SSSR count). The molecule has 170 valence electrons. The van der Waals surface area contributed by atoms with Gasteiger partial charge in [0, 0.05) is 25.3 Å². The molecule has 1 aromatic rings. The number of benzene rings is 1. The standard InChI is InChI=1S/C22H28ClNO7/c1-13-9-18(26)21(23)17-11-16(25)10-15(24-30-12-19(27)29-3)8-6-4-5-7-14(2)31-22(28)20(13)17/h4-5,9,14-15,24,26H,6-8,10-12H2,1-3H3/b5-4+. The Hall–Kier alpha value is -2.42. The molecule has 2 unspecified atom stereocenters. The summed E-state index contributed by atoms with van der Waals surface area (Å²) in [6.07, 6.45) is 5.17. The van der Waals surface area contributed by atoms with Crippen molar-refractivity contribution in [1.82, 2.24) is 5.48 Å². The van der Waals surface area contributed by atoms with Crippen LogP contribution in [0.3, 0.4) is 0 Å². The molecule has 0 aliphatic carbocycles. The van der Waals surface area contributed by atoms with Gasteiger partial charge in [-0.1, -0.05) is 23.8 Å². The zero-order chi connectivity index (χ0) is 23.0. The van der Waals surface area contributed by atoms with E-state index in [1.54, 1.807) is 13.8 Å². The molecule has 0 saturated heterocycles. The number of carbonyl (C=O) groups is 3. The Morgan fingerprint density at radius 2 is 2.10 bits per heavy atom. The maximum Gasteiger partial charge on any atom is 0.339 e. The molecular formula is C22H28ClNO7. The van der Waals surface area contributed by atoms with Crippen molar-refractivity contribution in [3.63, 3.8) is 0 Å². The minimum absolute atomic E-state index is 0.0445. The third-order valence-electron chi connectivity index (χ3n) is 4.88. The fraction of sp³-hybridized carbons (Fsp3) is 0.500. The lowest BCUT2D eigenvalue weighted by molar-refractivity contribution is -0.149. The van der Waals surface area contributed by atoms with Crippen molar-refractivity contribution in [2.24, 2.45) is 0 Å². The Morgan fingerprint density at radius 1 is 1.35 bits per heavy atom. The van der Waals surface area contributed by atoms with Crippen LogP contribution in [0.1, 0.15) is 54.1 Å². The number of carbonyl (C=O) groups excluding carboxylic acids is 3. The van der Waals surface area contributed by atoms with Crippen LogP contribution in [0.4, 0.5) is 0 Å². The molecule has 2 N–H and O–H groups in total. The number of halogens is 1. The lowest BCUT2D eigenvalue weighted by Crippen LogP contribution is -2.34. The van der Waals surface area contributed by atoms with Crippen LogP contribution in [0, 0.1) is 6.92 Å². The summed E-state index contributed by atoms with van der Waals surface area (Å²) in [5.41, 5.74) is 3.65. The number of ether oxygens (including phenoxy) is 2. The number of nitrogens with one attached hydrogen (secondary N) is 1. The highest BCUT2D eigenvalue weighted by Gasteiger charge is 2.25. The Kier molecular flexibility index (Phi) is 9.48.